The molecule has 2 aliphatic rings. The first-order chi connectivity index (χ1) is 20.1. The number of aromatic nitrogens is 1. The predicted octanol–water partition coefficient (Wildman–Crippen LogP) is 6.45. The first kappa shape index (κ1) is 27.2. The van der Waals surface area contributed by atoms with Crippen LogP contribution in [0.5, 0.6) is 17.2 Å². The largest absolute Gasteiger partial charge is 0.508 e. The average Bonchev–Trinajstić information content (AvgIpc) is 3.19. The molecule has 0 spiro atoms. The molecule has 0 radical (unpaired) electrons. The van der Waals surface area contributed by atoms with Gasteiger partial charge in [0, 0.05) is 35.2 Å². The molecule has 2 N–H and O–H groups in total. The molecule has 1 amide bonds. The Morgan fingerprint density at radius 3 is 2.61 bits per heavy atom. The van der Waals surface area contributed by atoms with E-state index in [1.165, 1.54) is 48.7 Å². The first-order valence-electron chi connectivity index (χ1n) is 14.6. The second kappa shape index (κ2) is 11.9. The van der Waals surface area contributed by atoms with Gasteiger partial charge in [-0.2, -0.15) is 0 Å². The number of fused-ring (bicyclic) bond motifs is 5. The van der Waals surface area contributed by atoms with Crippen molar-refractivity contribution in [1.29, 1.82) is 0 Å². The Hall–Kier alpha value is -3.97. The van der Waals surface area contributed by atoms with E-state index < -0.39 is 0 Å². The minimum Gasteiger partial charge on any atom is -0.508 e. The number of benzene rings is 3. The van der Waals surface area contributed by atoms with Crippen LogP contribution in [0.25, 0.3) is 22.2 Å². The third kappa shape index (κ3) is 5.51. The number of methoxy groups -OCH3 is 2. The van der Waals surface area contributed by atoms with Crippen LogP contribution in [0.15, 0.2) is 60.7 Å². The minimum atomic E-state index is -0.203. The molecule has 2 heterocycles. The highest BCUT2D eigenvalue weighted by Crippen LogP contribution is 2.47. The van der Waals surface area contributed by atoms with Gasteiger partial charge in [0.1, 0.15) is 23.9 Å². The summed E-state index contributed by atoms with van der Waals surface area (Å²) < 4.78 is 19.5. The van der Waals surface area contributed by atoms with Crippen LogP contribution in [-0.4, -0.2) is 49.1 Å². The van der Waals surface area contributed by atoms with E-state index in [0.717, 1.165) is 28.1 Å². The second-order valence-corrected chi connectivity index (χ2v) is 11.2. The lowest BCUT2D eigenvalue weighted by atomic mass is 9.81. The zero-order valence-electron chi connectivity index (χ0n) is 23.8. The van der Waals surface area contributed by atoms with E-state index in [1.54, 1.807) is 26.4 Å². The summed E-state index contributed by atoms with van der Waals surface area (Å²) in [6.45, 7) is 1.63. The number of rotatable bonds is 8. The first-order valence-corrected chi connectivity index (χ1v) is 14.6. The quantitative estimate of drug-likeness (QED) is 0.262. The van der Waals surface area contributed by atoms with E-state index in [-0.39, 0.29) is 17.7 Å². The van der Waals surface area contributed by atoms with Gasteiger partial charge in [-0.25, -0.2) is 0 Å². The smallest absolute Gasteiger partial charge is 0.251 e. The molecular weight excluding hydrogens is 516 g/mol. The van der Waals surface area contributed by atoms with Crippen molar-refractivity contribution >= 4 is 16.8 Å². The normalized spacial score (nSPS) is 15.9. The van der Waals surface area contributed by atoms with Gasteiger partial charge in [-0.05, 0) is 72.7 Å². The Bertz CT molecular complexity index is 1540. The molecule has 1 aliphatic heterocycles. The van der Waals surface area contributed by atoms with Crippen molar-refractivity contribution in [2.45, 2.75) is 57.0 Å². The van der Waals surface area contributed by atoms with Gasteiger partial charge in [-0.15, -0.1) is 0 Å². The highest BCUT2D eigenvalue weighted by Gasteiger charge is 2.30. The topological polar surface area (TPSA) is 82.0 Å². The summed E-state index contributed by atoms with van der Waals surface area (Å²) in [6, 6.07) is 19.1. The van der Waals surface area contributed by atoms with Gasteiger partial charge >= 0.3 is 0 Å². The van der Waals surface area contributed by atoms with Crippen LogP contribution in [0, 0.1) is 0 Å². The average molecular weight is 555 g/mol. The number of nitrogens with zero attached hydrogens (tertiary/aromatic N) is 1. The van der Waals surface area contributed by atoms with Crippen molar-refractivity contribution in [3.8, 4) is 28.5 Å². The fourth-order valence-electron chi connectivity index (χ4n) is 6.57. The molecule has 214 valence electrons. The summed E-state index contributed by atoms with van der Waals surface area (Å²) in [4.78, 5) is 13.6. The maximum atomic E-state index is 13.6. The van der Waals surface area contributed by atoms with E-state index in [4.69, 9.17) is 14.2 Å². The fraction of sp³-hybridized carbons (Fsp3) is 0.382. The number of carbonyl (C=O) groups excluding carboxylic acids is 1. The van der Waals surface area contributed by atoms with Crippen molar-refractivity contribution in [3.63, 3.8) is 0 Å². The Morgan fingerprint density at radius 1 is 1.05 bits per heavy atom. The monoisotopic (exact) mass is 554 g/mol. The third-order valence-corrected chi connectivity index (χ3v) is 8.52. The minimum absolute atomic E-state index is 0.127. The molecule has 1 atom stereocenters. The molecule has 1 aromatic heterocycles. The van der Waals surface area contributed by atoms with Crippen LogP contribution in [0.1, 0.15) is 59.5 Å². The van der Waals surface area contributed by atoms with Gasteiger partial charge in [0.2, 0.25) is 0 Å². The summed E-state index contributed by atoms with van der Waals surface area (Å²) in [5, 5.41) is 14.0. The number of ether oxygens (including phenoxy) is 3. The number of phenolic OH excluding ortho intramolecular Hbond substituents is 1. The van der Waals surface area contributed by atoms with E-state index in [2.05, 4.69) is 22.0 Å². The van der Waals surface area contributed by atoms with Gasteiger partial charge < -0.3 is 29.2 Å². The summed E-state index contributed by atoms with van der Waals surface area (Å²) in [5.41, 5.74) is 6.39. The number of phenols is 1. The molecule has 1 aliphatic carbocycles. The molecule has 7 nitrogen and oxygen atoms in total. The molecule has 4 aromatic rings. The van der Waals surface area contributed by atoms with Crippen LogP contribution < -0.4 is 14.8 Å². The van der Waals surface area contributed by atoms with Crippen LogP contribution in [-0.2, 0) is 17.7 Å². The summed E-state index contributed by atoms with van der Waals surface area (Å²) in [7, 11) is 3.32. The number of amides is 1. The van der Waals surface area contributed by atoms with Crippen LogP contribution in [0.3, 0.4) is 0 Å². The Balaban J connectivity index is 1.39. The van der Waals surface area contributed by atoms with Crippen molar-refractivity contribution in [2.24, 2.45) is 0 Å². The number of hydrogen-bond donors (Lipinski definition) is 2. The number of nitrogens with one attached hydrogen (secondary N) is 1. The summed E-state index contributed by atoms with van der Waals surface area (Å²) in [5.74, 6) is 2.20. The zero-order chi connectivity index (χ0) is 28.3. The lowest BCUT2D eigenvalue weighted by molar-refractivity contribution is 0.0897. The maximum absolute atomic E-state index is 13.6. The van der Waals surface area contributed by atoms with E-state index in [0.29, 0.717) is 37.7 Å². The van der Waals surface area contributed by atoms with Crippen molar-refractivity contribution in [2.75, 3.05) is 27.4 Å². The molecule has 0 saturated heterocycles. The molecular formula is C34H38N2O5. The van der Waals surface area contributed by atoms with Crippen LogP contribution in [0.4, 0.5) is 0 Å². The van der Waals surface area contributed by atoms with Crippen LogP contribution >= 0.6 is 0 Å². The molecule has 3 aromatic carbocycles. The number of carbonyl (C=O) groups is 1. The lowest BCUT2D eigenvalue weighted by Gasteiger charge is -2.23. The van der Waals surface area contributed by atoms with Gasteiger partial charge in [-0.1, -0.05) is 37.5 Å². The fourth-order valence-corrected chi connectivity index (χ4v) is 6.57. The summed E-state index contributed by atoms with van der Waals surface area (Å²) in [6.07, 6.45) is 6.73. The van der Waals surface area contributed by atoms with Crippen LogP contribution in [0.2, 0.25) is 0 Å². The standard InChI is InChI=1S/C34H38N2O5/c1-39-21-25(18-22-8-11-26(37)12-9-22)35-34(38)24-10-14-28-30(19-24)36-16-17-41-31-20-27(40-2)13-15-29(31)33(36)32(28)23-6-4-3-5-7-23/h8-15,19-20,23,25,37H,3-7,16-18,21H2,1-2H3,(H,35,38)/t25-/m0/s1. The number of hydrogen-bond acceptors (Lipinski definition) is 5. The highest BCUT2D eigenvalue weighted by molar-refractivity contribution is 6.01. The van der Waals surface area contributed by atoms with Gasteiger partial charge in [0.25, 0.3) is 5.91 Å². The zero-order valence-corrected chi connectivity index (χ0v) is 23.8. The van der Waals surface area contributed by atoms with Gasteiger partial charge in [-0.3, -0.25) is 4.79 Å². The highest BCUT2D eigenvalue weighted by atomic mass is 16.5. The molecule has 41 heavy (non-hydrogen) atoms. The number of aromatic hydroxyl groups is 1. The van der Waals surface area contributed by atoms with Gasteiger partial charge in [0.15, 0.2) is 0 Å². The molecule has 6 rings (SSSR count). The SMILES string of the molecule is COC[C@H](Cc1ccc(O)cc1)NC(=O)c1ccc2c(C3CCCCC3)c3n(c2c1)CCOc1cc(OC)ccc1-3. The van der Waals surface area contributed by atoms with Crippen molar-refractivity contribution < 1.29 is 24.1 Å². The Morgan fingerprint density at radius 2 is 1.85 bits per heavy atom. The Kier molecular flexibility index (Phi) is 7.88. The van der Waals surface area contributed by atoms with Crippen molar-refractivity contribution in [1.82, 2.24) is 9.88 Å². The lowest BCUT2D eigenvalue weighted by Crippen LogP contribution is -2.39. The molecule has 1 saturated carbocycles. The maximum Gasteiger partial charge on any atom is 0.251 e. The molecule has 0 bridgehead atoms. The van der Waals surface area contributed by atoms with E-state index >= 15 is 0 Å². The van der Waals surface area contributed by atoms with Gasteiger partial charge in [0.05, 0.1) is 32.0 Å². The third-order valence-electron chi connectivity index (χ3n) is 8.52. The summed E-state index contributed by atoms with van der Waals surface area (Å²) >= 11 is 0. The molecule has 7 heteroatoms. The van der Waals surface area contributed by atoms with Crippen molar-refractivity contribution in [3.05, 3.63) is 77.4 Å². The van der Waals surface area contributed by atoms with E-state index in [1.807, 2.05) is 36.4 Å². The predicted molar refractivity (Wildman–Crippen MR) is 160 cm³/mol. The Labute approximate surface area is 241 Å². The molecule has 0 unspecified atom stereocenters. The second-order valence-electron chi connectivity index (χ2n) is 11.2. The molecule has 1 fully saturated rings. The van der Waals surface area contributed by atoms with E-state index in [9.17, 15) is 9.90 Å².